The van der Waals surface area contributed by atoms with Crippen molar-refractivity contribution >= 4 is 5.91 Å². The summed E-state index contributed by atoms with van der Waals surface area (Å²) in [7, 11) is 0. The Hall–Kier alpha value is -0.610. The Balaban J connectivity index is 1.89. The van der Waals surface area contributed by atoms with Crippen molar-refractivity contribution in [1.29, 1.82) is 0 Å². The van der Waals surface area contributed by atoms with Gasteiger partial charge in [-0.05, 0) is 12.8 Å². The molecule has 0 saturated carbocycles. The van der Waals surface area contributed by atoms with Gasteiger partial charge in [-0.1, -0.05) is 0 Å². The highest BCUT2D eigenvalue weighted by atomic mass is 16.5. The van der Waals surface area contributed by atoms with Crippen LogP contribution in [0.25, 0.3) is 0 Å². The number of carbonyl (C=O) groups is 1. The molecule has 4 nitrogen and oxygen atoms in total. The average molecular weight is 184 g/mol. The summed E-state index contributed by atoms with van der Waals surface area (Å²) in [6.45, 7) is 2.90. The standard InChI is InChI=1S/C9H16N2O2/c10-8-1-3-11(5-8)9(12)7-2-4-13-6-7/h7-8H,1-6,10H2/t7-,8-/m1/s1. The largest absolute Gasteiger partial charge is 0.381 e. The molecule has 2 aliphatic heterocycles. The minimum Gasteiger partial charge on any atom is -0.381 e. The zero-order valence-electron chi connectivity index (χ0n) is 7.74. The van der Waals surface area contributed by atoms with Gasteiger partial charge in [0.1, 0.15) is 0 Å². The van der Waals surface area contributed by atoms with Crippen LogP contribution in [0.2, 0.25) is 0 Å². The maximum absolute atomic E-state index is 11.8. The van der Waals surface area contributed by atoms with Crippen molar-refractivity contribution in [2.45, 2.75) is 18.9 Å². The minimum absolute atomic E-state index is 0.102. The molecule has 2 fully saturated rings. The van der Waals surface area contributed by atoms with Crippen LogP contribution in [0, 0.1) is 5.92 Å². The third kappa shape index (κ3) is 1.84. The van der Waals surface area contributed by atoms with E-state index in [1.807, 2.05) is 4.90 Å². The highest BCUT2D eigenvalue weighted by Gasteiger charge is 2.31. The molecule has 4 heteroatoms. The molecule has 2 N–H and O–H groups in total. The highest BCUT2D eigenvalue weighted by Crippen LogP contribution is 2.18. The Bertz CT molecular complexity index is 202. The third-order valence-corrected chi connectivity index (χ3v) is 2.82. The molecule has 0 aromatic carbocycles. The Morgan fingerprint density at radius 3 is 2.85 bits per heavy atom. The van der Waals surface area contributed by atoms with E-state index in [0.29, 0.717) is 6.61 Å². The average Bonchev–Trinajstić information content (AvgIpc) is 2.72. The van der Waals surface area contributed by atoms with E-state index in [2.05, 4.69) is 0 Å². The molecule has 1 amide bonds. The number of nitrogens with zero attached hydrogens (tertiary/aromatic N) is 1. The topological polar surface area (TPSA) is 55.6 Å². The Morgan fingerprint density at radius 1 is 1.46 bits per heavy atom. The molecule has 2 atom stereocenters. The molecule has 0 spiro atoms. The van der Waals surface area contributed by atoms with E-state index in [-0.39, 0.29) is 17.9 Å². The summed E-state index contributed by atoms with van der Waals surface area (Å²) < 4.78 is 5.19. The van der Waals surface area contributed by atoms with Crippen LogP contribution in [0.15, 0.2) is 0 Å². The summed E-state index contributed by atoms with van der Waals surface area (Å²) in [5, 5.41) is 0. The lowest BCUT2D eigenvalue weighted by molar-refractivity contribution is -0.134. The third-order valence-electron chi connectivity index (χ3n) is 2.82. The van der Waals surface area contributed by atoms with Gasteiger partial charge in [-0.15, -0.1) is 0 Å². The summed E-state index contributed by atoms with van der Waals surface area (Å²) in [6.07, 6.45) is 1.82. The van der Waals surface area contributed by atoms with Crippen LogP contribution in [0.5, 0.6) is 0 Å². The first-order valence-corrected chi connectivity index (χ1v) is 4.89. The zero-order valence-corrected chi connectivity index (χ0v) is 7.74. The molecule has 2 rings (SSSR count). The minimum atomic E-state index is 0.102. The van der Waals surface area contributed by atoms with Gasteiger partial charge in [-0.2, -0.15) is 0 Å². The van der Waals surface area contributed by atoms with Gasteiger partial charge in [-0.3, -0.25) is 4.79 Å². The van der Waals surface area contributed by atoms with Crippen LogP contribution in [0.4, 0.5) is 0 Å². The second kappa shape index (κ2) is 3.64. The van der Waals surface area contributed by atoms with Crippen molar-refractivity contribution in [2.24, 2.45) is 11.7 Å². The van der Waals surface area contributed by atoms with Crippen LogP contribution in [-0.2, 0) is 9.53 Å². The van der Waals surface area contributed by atoms with Gasteiger partial charge in [0.15, 0.2) is 0 Å². The predicted octanol–water partition coefficient (Wildman–Crippen LogP) is -0.418. The first kappa shape index (κ1) is 8.97. The summed E-state index contributed by atoms with van der Waals surface area (Å²) >= 11 is 0. The number of nitrogens with two attached hydrogens (primary N) is 1. The number of likely N-dealkylation sites (tertiary alicyclic amines) is 1. The molecule has 0 aromatic heterocycles. The van der Waals surface area contributed by atoms with Gasteiger partial charge in [0.2, 0.25) is 5.91 Å². The van der Waals surface area contributed by atoms with Gasteiger partial charge in [0, 0.05) is 25.7 Å². The van der Waals surface area contributed by atoms with Crippen molar-refractivity contribution in [3.8, 4) is 0 Å². The second-order valence-corrected chi connectivity index (χ2v) is 3.89. The lowest BCUT2D eigenvalue weighted by Crippen LogP contribution is -2.36. The summed E-state index contributed by atoms with van der Waals surface area (Å²) in [5.41, 5.74) is 5.74. The number of carbonyl (C=O) groups excluding carboxylic acids is 1. The smallest absolute Gasteiger partial charge is 0.228 e. The molecule has 74 valence electrons. The maximum Gasteiger partial charge on any atom is 0.228 e. The second-order valence-electron chi connectivity index (χ2n) is 3.89. The van der Waals surface area contributed by atoms with Crippen LogP contribution >= 0.6 is 0 Å². The van der Waals surface area contributed by atoms with Crippen LogP contribution in [0.1, 0.15) is 12.8 Å². The number of hydrogen-bond donors (Lipinski definition) is 1. The Morgan fingerprint density at radius 2 is 2.31 bits per heavy atom. The molecular formula is C9H16N2O2. The van der Waals surface area contributed by atoms with E-state index in [4.69, 9.17) is 10.5 Å². The van der Waals surface area contributed by atoms with E-state index < -0.39 is 0 Å². The van der Waals surface area contributed by atoms with E-state index in [9.17, 15) is 4.79 Å². The van der Waals surface area contributed by atoms with Gasteiger partial charge in [0.05, 0.1) is 12.5 Å². The molecule has 0 aromatic rings. The van der Waals surface area contributed by atoms with E-state index >= 15 is 0 Å². The SMILES string of the molecule is N[C@@H]1CCN(C(=O)[C@@H]2CCOC2)C1. The fraction of sp³-hybridized carbons (Fsp3) is 0.889. The van der Waals surface area contributed by atoms with Crippen molar-refractivity contribution in [2.75, 3.05) is 26.3 Å². The van der Waals surface area contributed by atoms with E-state index in [1.165, 1.54) is 0 Å². The van der Waals surface area contributed by atoms with Gasteiger partial charge in [-0.25, -0.2) is 0 Å². The van der Waals surface area contributed by atoms with E-state index in [0.717, 1.165) is 32.5 Å². The highest BCUT2D eigenvalue weighted by molar-refractivity contribution is 5.79. The Labute approximate surface area is 78.0 Å². The lowest BCUT2D eigenvalue weighted by atomic mass is 10.1. The normalized spacial score (nSPS) is 34.1. The molecule has 13 heavy (non-hydrogen) atoms. The fourth-order valence-electron chi connectivity index (χ4n) is 1.97. The van der Waals surface area contributed by atoms with Crippen molar-refractivity contribution in [1.82, 2.24) is 4.90 Å². The summed E-state index contributed by atoms with van der Waals surface area (Å²) in [5.74, 6) is 0.343. The van der Waals surface area contributed by atoms with Gasteiger partial charge < -0.3 is 15.4 Å². The molecule has 0 radical (unpaired) electrons. The molecule has 2 heterocycles. The molecule has 2 saturated heterocycles. The number of amides is 1. The Kier molecular flexibility index (Phi) is 2.51. The first-order valence-electron chi connectivity index (χ1n) is 4.89. The quantitative estimate of drug-likeness (QED) is 0.602. The lowest BCUT2D eigenvalue weighted by Gasteiger charge is -2.18. The number of ether oxygens (including phenoxy) is 1. The summed E-state index contributed by atoms with van der Waals surface area (Å²) in [4.78, 5) is 13.7. The first-order chi connectivity index (χ1) is 6.27. The molecule has 0 unspecified atom stereocenters. The van der Waals surface area contributed by atoms with Gasteiger partial charge in [0.25, 0.3) is 0 Å². The van der Waals surface area contributed by atoms with Crippen LogP contribution in [0.3, 0.4) is 0 Å². The van der Waals surface area contributed by atoms with Gasteiger partial charge >= 0.3 is 0 Å². The number of hydrogen-bond acceptors (Lipinski definition) is 3. The van der Waals surface area contributed by atoms with Crippen molar-refractivity contribution in [3.63, 3.8) is 0 Å². The predicted molar refractivity (Wildman–Crippen MR) is 48.1 cm³/mol. The van der Waals surface area contributed by atoms with Crippen LogP contribution in [-0.4, -0.2) is 43.2 Å². The molecular weight excluding hydrogens is 168 g/mol. The van der Waals surface area contributed by atoms with Crippen molar-refractivity contribution < 1.29 is 9.53 Å². The van der Waals surface area contributed by atoms with Crippen molar-refractivity contribution in [3.05, 3.63) is 0 Å². The maximum atomic E-state index is 11.8. The molecule has 2 aliphatic rings. The molecule has 0 bridgehead atoms. The molecule has 0 aliphatic carbocycles. The monoisotopic (exact) mass is 184 g/mol. The zero-order chi connectivity index (χ0) is 9.26. The van der Waals surface area contributed by atoms with E-state index in [1.54, 1.807) is 0 Å². The number of rotatable bonds is 1. The summed E-state index contributed by atoms with van der Waals surface area (Å²) in [6, 6.07) is 0.186. The fourth-order valence-corrected chi connectivity index (χ4v) is 1.97. The van der Waals surface area contributed by atoms with Crippen LogP contribution < -0.4 is 5.73 Å².